The maximum Gasteiger partial charge on any atom is 0.312 e. The Bertz CT molecular complexity index is 2250. The van der Waals surface area contributed by atoms with Crippen molar-refractivity contribution in [1.29, 1.82) is 0 Å². The summed E-state index contributed by atoms with van der Waals surface area (Å²) in [5.41, 5.74) is 6.79. The SMILES string of the molecule is CC(C)C1=CC2=CCC3C(C)(C(=O)OCC(O)COCCOc4ccc(C(C)(C)c5ccc(OCOOCC(O)COC(=O)C6(C)CCCC7(C)C8CCC(C(C)C)=CC8=CCC67)cc5)cc4)CCCC3(C)C2CC1. The van der Waals surface area contributed by atoms with Crippen LogP contribution in [0, 0.1) is 57.2 Å². The number of allylic oxidation sites excluding steroid dienone is 8. The zero-order valence-electron chi connectivity index (χ0n) is 47.1. The van der Waals surface area contributed by atoms with Crippen LogP contribution in [0.3, 0.4) is 0 Å². The van der Waals surface area contributed by atoms with E-state index in [0.717, 1.165) is 88.2 Å². The average molecular weight is 1040 g/mol. The minimum Gasteiger partial charge on any atom is -0.491 e. The zero-order valence-corrected chi connectivity index (χ0v) is 47.1. The van der Waals surface area contributed by atoms with Gasteiger partial charge in [-0.05, 0) is 171 Å². The molecule has 6 aliphatic carbocycles. The number of fused-ring (bicyclic) bond motifs is 6. The van der Waals surface area contributed by atoms with Crippen molar-refractivity contribution in [2.45, 2.75) is 164 Å². The number of hydrogen-bond acceptors (Lipinski definition) is 11. The molecule has 0 heterocycles. The van der Waals surface area contributed by atoms with Crippen LogP contribution in [0.5, 0.6) is 11.5 Å². The van der Waals surface area contributed by atoms with Gasteiger partial charge in [0.1, 0.15) is 50.1 Å². The number of aliphatic hydroxyl groups excluding tert-OH is 2. The largest absolute Gasteiger partial charge is 0.491 e. The predicted octanol–water partition coefficient (Wildman–Crippen LogP) is 12.8. The normalized spacial score (nSPS) is 30.3. The van der Waals surface area contributed by atoms with Gasteiger partial charge in [-0.25, -0.2) is 4.89 Å². The van der Waals surface area contributed by atoms with Gasteiger partial charge >= 0.3 is 11.9 Å². The highest BCUT2D eigenvalue weighted by Gasteiger charge is 2.59. The molecule has 2 N–H and O–H groups in total. The topological polar surface area (TPSA) is 139 Å². The van der Waals surface area contributed by atoms with E-state index in [4.69, 9.17) is 33.5 Å². The van der Waals surface area contributed by atoms with E-state index in [1.165, 1.54) is 22.3 Å². The maximum absolute atomic E-state index is 13.8. The molecule has 10 atom stereocenters. The van der Waals surface area contributed by atoms with Crippen molar-refractivity contribution in [1.82, 2.24) is 0 Å². The molecule has 75 heavy (non-hydrogen) atoms. The van der Waals surface area contributed by atoms with Gasteiger partial charge in [0.25, 0.3) is 0 Å². The number of benzene rings is 2. The summed E-state index contributed by atoms with van der Waals surface area (Å²) >= 11 is 0. The summed E-state index contributed by atoms with van der Waals surface area (Å²) in [4.78, 5) is 38.0. The van der Waals surface area contributed by atoms with E-state index in [0.29, 0.717) is 41.8 Å². The summed E-state index contributed by atoms with van der Waals surface area (Å²) in [6, 6.07) is 15.8. The predicted molar refractivity (Wildman–Crippen MR) is 292 cm³/mol. The summed E-state index contributed by atoms with van der Waals surface area (Å²) in [5.74, 6) is 3.34. The van der Waals surface area contributed by atoms with Crippen LogP contribution in [0.25, 0.3) is 0 Å². The van der Waals surface area contributed by atoms with E-state index in [1.807, 2.05) is 36.4 Å². The van der Waals surface area contributed by atoms with Crippen LogP contribution in [0.1, 0.15) is 157 Å². The molecule has 412 valence electrons. The molecule has 2 fully saturated rings. The lowest BCUT2D eigenvalue weighted by Crippen LogP contribution is -2.53. The molecule has 2 aromatic rings. The number of ether oxygens (including phenoxy) is 5. The highest BCUT2D eigenvalue weighted by Crippen LogP contribution is 2.64. The van der Waals surface area contributed by atoms with Crippen molar-refractivity contribution in [2.75, 3.05) is 46.4 Å². The molecule has 0 radical (unpaired) electrons. The van der Waals surface area contributed by atoms with Crippen LogP contribution in [-0.2, 0) is 39.0 Å². The van der Waals surface area contributed by atoms with Crippen LogP contribution in [-0.4, -0.2) is 80.8 Å². The van der Waals surface area contributed by atoms with Crippen molar-refractivity contribution in [3.63, 3.8) is 0 Å². The Labute approximate surface area is 448 Å². The first-order chi connectivity index (χ1) is 35.7. The van der Waals surface area contributed by atoms with Crippen molar-refractivity contribution in [2.24, 2.45) is 57.2 Å². The molecular formula is C64H90O11. The fraction of sp³-hybridized carbons (Fsp3) is 0.656. The molecule has 0 saturated heterocycles. The molecule has 0 aromatic heterocycles. The minimum atomic E-state index is -1.04. The molecule has 2 aromatic carbocycles. The van der Waals surface area contributed by atoms with Crippen LogP contribution in [0.15, 0.2) is 95.1 Å². The molecule has 2 saturated carbocycles. The molecule has 0 amide bonds. The number of rotatable bonds is 22. The van der Waals surface area contributed by atoms with E-state index < -0.39 is 23.0 Å². The van der Waals surface area contributed by atoms with E-state index in [9.17, 15) is 19.8 Å². The Hall–Kier alpha value is -4.26. The van der Waals surface area contributed by atoms with Gasteiger partial charge in [0.15, 0.2) is 0 Å². The molecule has 10 unspecified atom stereocenters. The molecule has 11 heteroatoms. The van der Waals surface area contributed by atoms with Crippen molar-refractivity contribution < 1.29 is 53.3 Å². The zero-order chi connectivity index (χ0) is 53.8. The number of carbonyl (C=O) groups is 2. The fourth-order valence-electron chi connectivity index (χ4n) is 14.7. The first kappa shape index (κ1) is 56.9. The van der Waals surface area contributed by atoms with E-state index in [-0.39, 0.29) is 79.8 Å². The van der Waals surface area contributed by atoms with Crippen molar-refractivity contribution >= 4 is 11.9 Å². The molecule has 0 bridgehead atoms. The van der Waals surface area contributed by atoms with Gasteiger partial charge in [0.2, 0.25) is 6.79 Å². The Morgan fingerprint density at radius 1 is 0.600 bits per heavy atom. The Morgan fingerprint density at radius 2 is 1.05 bits per heavy atom. The van der Waals surface area contributed by atoms with E-state index >= 15 is 0 Å². The van der Waals surface area contributed by atoms with Gasteiger partial charge in [0.05, 0.1) is 24.0 Å². The first-order valence-corrected chi connectivity index (χ1v) is 28.5. The lowest BCUT2D eigenvalue weighted by atomic mass is 9.47. The fourth-order valence-corrected chi connectivity index (χ4v) is 14.7. The maximum atomic E-state index is 13.8. The van der Waals surface area contributed by atoms with Gasteiger partial charge in [-0.15, -0.1) is 0 Å². The second kappa shape index (κ2) is 23.8. The summed E-state index contributed by atoms with van der Waals surface area (Å²) in [6.07, 6.45) is 19.8. The van der Waals surface area contributed by atoms with Gasteiger partial charge in [-0.3, -0.25) is 9.59 Å². The quantitative estimate of drug-likeness (QED) is 0.0383. The van der Waals surface area contributed by atoms with Crippen LogP contribution >= 0.6 is 0 Å². The van der Waals surface area contributed by atoms with Crippen molar-refractivity contribution in [3.05, 3.63) is 106 Å². The monoisotopic (exact) mass is 1030 g/mol. The third kappa shape index (κ3) is 12.2. The molecule has 0 aliphatic heterocycles. The molecule has 8 rings (SSSR count). The summed E-state index contributed by atoms with van der Waals surface area (Å²) in [6.45, 7) is 22.4. The number of esters is 2. The molecule has 0 spiro atoms. The third-order valence-corrected chi connectivity index (χ3v) is 19.5. The van der Waals surface area contributed by atoms with Crippen molar-refractivity contribution in [3.8, 4) is 11.5 Å². The number of carbonyl (C=O) groups excluding carboxylic acids is 2. The Morgan fingerprint density at radius 3 is 1.52 bits per heavy atom. The second-order valence-corrected chi connectivity index (χ2v) is 25.2. The summed E-state index contributed by atoms with van der Waals surface area (Å²) < 4.78 is 29.1. The van der Waals surface area contributed by atoms with Crippen LogP contribution in [0.4, 0.5) is 0 Å². The van der Waals surface area contributed by atoms with Crippen LogP contribution in [0.2, 0.25) is 0 Å². The summed E-state index contributed by atoms with van der Waals surface area (Å²) in [5, 5.41) is 21.4. The van der Waals surface area contributed by atoms with Gasteiger partial charge < -0.3 is 33.9 Å². The summed E-state index contributed by atoms with van der Waals surface area (Å²) in [7, 11) is 0. The molecule has 11 nitrogen and oxygen atoms in total. The highest BCUT2D eigenvalue weighted by atomic mass is 17.2. The smallest absolute Gasteiger partial charge is 0.312 e. The number of aliphatic hydroxyl groups is 2. The molecular weight excluding hydrogens is 945 g/mol. The van der Waals surface area contributed by atoms with Gasteiger partial charge in [-0.2, -0.15) is 4.89 Å². The van der Waals surface area contributed by atoms with E-state index in [1.54, 1.807) is 0 Å². The average Bonchev–Trinajstić information content (AvgIpc) is 3.39. The lowest BCUT2D eigenvalue weighted by molar-refractivity contribution is -0.332. The first-order valence-electron chi connectivity index (χ1n) is 28.5. The molecule has 6 aliphatic rings. The lowest BCUT2D eigenvalue weighted by Gasteiger charge is -2.57. The van der Waals surface area contributed by atoms with Crippen LogP contribution < -0.4 is 9.47 Å². The minimum absolute atomic E-state index is 0.0424. The number of hydrogen-bond donors (Lipinski definition) is 2. The Balaban J connectivity index is 0.699. The van der Waals surface area contributed by atoms with Gasteiger partial charge in [-0.1, -0.05) is 128 Å². The second-order valence-electron chi connectivity index (χ2n) is 25.2. The highest BCUT2D eigenvalue weighted by molar-refractivity contribution is 5.78. The van der Waals surface area contributed by atoms with Gasteiger partial charge in [0, 0.05) is 5.41 Å². The van der Waals surface area contributed by atoms with E-state index in [2.05, 4.69) is 106 Å². The standard InChI is InChI=1S/C64H90O11/c1-42(2)44-13-25-54-46(35-44)15-27-56-61(54,7)29-11-31-63(56,9)58(67)71-38-50(65)37-69-33-34-70-52-21-17-48(18-22-52)60(5,6)49-19-23-53(24-20-49)73-41-75-74-40-51(66)39-72-59(68)64(10)32-12-30-62(8)55-26-14-45(43(3)4)36-47(55)16-28-57(62)64/h15-24,35-36,42-43,50-51,54-57,65-66H,11-14,25-34,37-41H2,1-10H3. The third-order valence-electron chi connectivity index (χ3n) is 19.5. The Kier molecular flexibility index (Phi) is 18.0.